The molecular weight excluding hydrogens is 380 g/mol. The fraction of sp³-hybridized carbons (Fsp3) is 0.417. The number of carbonyl (C=O) groups excluding carboxylic acids is 2. The van der Waals surface area contributed by atoms with Crippen molar-refractivity contribution in [1.82, 2.24) is 4.90 Å². The first kappa shape index (κ1) is 20.3. The summed E-state index contributed by atoms with van der Waals surface area (Å²) in [6.45, 7) is 2.44. The Morgan fingerprint density at radius 1 is 1.07 bits per heavy atom. The summed E-state index contributed by atoms with van der Waals surface area (Å²) in [5.74, 6) is 1.55. The van der Waals surface area contributed by atoms with E-state index in [4.69, 9.17) is 9.47 Å². The van der Waals surface area contributed by atoms with Crippen molar-refractivity contribution in [3.8, 4) is 11.5 Å². The normalized spacial score (nSPS) is 21.6. The average Bonchev–Trinajstić information content (AvgIpc) is 3.19. The Kier molecular flexibility index (Phi) is 6.21. The summed E-state index contributed by atoms with van der Waals surface area (Å²) in [7, 11) is 1.59. The lowest BCUT2D eigenvalue weighted by Gasteiger charge is -2.34. The monoisotopic (exact) mass is 408 g/mol. The highest BCUT2D eigenvalue weighted by atomic mass is 16.5. The van der Waals surface area contributed by atoms with Crippen LogP contribution in [-0.2, 0) is 9.59 Å². The first-order valence-corrected chi connectivity index (χ1v) is 10.6. The molecule has 2 aliphatic heterocycles. The molecule has 0 aliphatic carbocycles. The van der Waals surface area contributed by atoms with Crippen LogP contribution in [0, 0.1) is 11.8 Å². The van der Waals surface area contributed by atoms with Crippen molar-refractivity contribution in [1.29, 1.82) is 0 Å². The molecule has 0 aromatic heterocycles. The van der Waals surface area contributed by atoms with Crippen molar-refractivity contribution in [2.45, 2.75) is 19.3 Å². The van der Waals surface area contributed by atoms with Gasteiger partial charge in [0.25, 0.3) is 0 Å². The van der Waals surface area contributed by atoms with Crippen LogP contribution in [0.25, 0.3) is 0 Å². The van der Waals surface area contributed by atoms with Gasteiger partial charge in [-0.2, -0.15) is 0 Å². The van der Waals surface area contributed by atoms with E-state index in [1.54, 1.807) is 12.0 Å². The summed E-state index contributed by atoms with van der Waals surface area (Å²) in [5, 5.41) is 0. The highest BCUT2D eigenvalue weighted by Gasteiger charge is 2.39. The Balaban J connectivity index is 1.36. The number of anilines is 1. The molecule has 0 radical (unpaired) electrons. The van der Waals surface area contributed by atoms with Crippen LogP contribution in [0.15, 0.2) is 54.6 Å². The highest BCUT2D eigenvalue weighted by molar-refractivity contribution is 6.01. The van der Waals surface area contributed by atoms with Gasteiger partial charge >= 0.3 is 0 Å². The Bertz CT molecular complexity index is 886. The van der Waals surface area contributed by atoms with Crippen LogP contribution in [0.1, 0.15) is 19.3 Å². The third-order valence-corrected chi connectivity index (χ3v) is 5.91. The number of para-hydroxylation sites is 3. The van der Waals surface area contributed by atoms with E-state index in [0.29, 0.717) is 31.4 Å². The van der Waals surface area contributed by atoms with E-state index in [1.165, 1.54) is 0 Å². The van der Waals surface area contributed by atoms with Crippen molar-refractivity contribution < 1.29 is 19.1 Å². The molecule has 2 saturated heterocycles. The molecule has 2 fully saturated rings. The minimum absolute atomic E-state index is 0.0289. The number of hydrogen-bond donors (Lipinski definition) is 0. The van der Waals surface area contributed by atoms with Gasteiger partial charge in [-0.15, -0.1) is 0 Å². The quantitative estimate of drug-likeness (QED) is 0.735. The SMILES string of the molecule is COc1ccccc1N1CC(C(=O)N2CCCC(COc3ccccc3)C2)CC1=O. The number of methoxy groups -OCH3 is 1. The van der Waals surface area contributed by atoms with Crippen molar-refractivity contribution in [3.63, 3.8) is 0 Å². The molecule has 2 aromatic rings. The third-order valence-electron chi connectivity index (χ3n) is 5.91. The fourth-order valence-electron chi connectivity index (χ4n) is 4.35. The van der Waals surface area contributed by atoms with E-state index in [2.05, 4.69) is 0 Å². The molecule has 2 unspecified atom stereocenters. The van der Waals surface area contributed by atoms with Crippen molar-refractivity contribution in [2.75, 3.05) is 38.3 Å². The lowest BCUT2D eigenvalue weighted by molar-refractivity contribution is -0.137. The van der Waals surface area contributed by atoms with Gasteiger partial charge in [0.15, 0.2) is 0 Å². The molecule has 0 N–H and O–H groups in total. The largest absolute Gasteiger partial charge is 0.495 e. The van der Waals surface area contributed by atoms with Gasteiger partial charge in [-0.3, -0.25) is 9.59 Å². The second-order valence-corrected chi connectivity index (χ2v) is 7.99. The summed E-state index contributed by atoms with van der Waals surface area (Å²) < 4.78 is 11.3. The lowest BCUT2D eigenvalue weighted by Crippen LogP contribution is -2.44. The molecule has 2 aromatic carbocycles. The van der Waals surface area contributed by atoms with E-state index < -0.39 is 0 Å². The number of amides is 2. The summed E-state index contributed by atoms with van der Waals surface area (Å²) in [5.41, 5.74) is 0.730. The number of rotatable bonds is 6. The number of piperidine rings is 1. The lowest BCUT2D eigenvalue weighted by atomic mass is 9.97. The molecule has 2 atom stereocenters. The molecule has 2 amide bonds. The van der Waals surface area contributed by atoms with Gasteiger partial charge in [0.2, 0.25) is 11.8 Å². The maximum atomic E-state index is 13.2. The van der Waals surface area contributed by atoms with E-state index >= 15 is 0 Å². The standard InChI is InChI=1S/C24H28N2O4/c1-29-22-12-6-5-11-21(22)26-16-19(14-23(26)27)24(28)25-13-7-8-18(15-25)17-30-20-9-3-2-4-10-20/h2-6,9-12,18-19H,7-8,13-17H2,1H3. The van der Waals surface area contributed by atoms with Gasteiger partial charge in [-0.05, 0) is 37.1 Å². The second-order valence-electron chi connectivity index (χ2n) is 7.99. The number of benzene rings is 2. The summed E-state index contributed by atoms with van der Waals surface area (Å²) in [6.07, 6.45) is 2.26. The molecule has 2 heterocycles. The van der Waals surface area contributed by atoms with Gasteiger partial charge in [0.1, 0.15) is 11.5 Å². The predicted octanol–water partition coefficient (Wildman–Crippen LogP) is 3.37. The molecule has 0 saturated carbocycles. The van der Waals surface area contributed by atoms with Crippen LogP contribution in [0.4, 0.5) is 5.69 Å². The molecule has 2 aliphatic rings. The van der Waals surface area contributed by atoms with E-state index in [9.17, 15) is 9.59 Å². The van der Waals surface area contributed by atoms with Crippen molar-refractivity contribution >= 4 is 17.5 Å². The molecular formula is C24H28N2O4. The van der Waals surface area contributed by atoms with Gasteiger partial charge in [-0.1, -0.05) is 30.3 Å². The summed E-state index contributed by atoms with van der Waals surface area (Å²) >= 11 is 0. The maximum absolute atomic E-state index is 13.2. The summed E-state index contributed by atoms with van der Waals surface area (Å²) in [6, 6.07) is 17.2. The van der Waals surface area contributed by atoms with E-state index in [-0.39, 0.29) is 24.2 Å². The maximum Gasteiger partial charge on any atom is 0.228 e. The third kappa shape index (κ3) is 4.42. The van der Waals surface area contributed by atoms with Crippen LogP contribution >= 0.6 is 0 Å². The predicted molar refractivity (Wildman–Crippen MR) is 115 cm³/mol. The van der Waals surface area contributed by atoms with Gasteiger partial charge in [0, 0.05) is 32.0 Å². The number of ether oxygens (including phenoxy) is 2. The molecule has 0 bridgehead atoms. The number of likely N-dealkylation sites (tertiary alicyclic amines) is 1. The molecule has 158 valence electrons. The van der Waals surface area contributed by atoms with Gasteiger partial charge in [0.05, 0.1) is 25.3 Å². The van der Waals surface area contributed by atoms with Crippen LogP contribution < -0.4 is 14.4 Å². The zero-order valence-electron chi connectivity index (χ0n) is 17.3. The van der Waals surface area contributed by atoms with Crippen LogP contribution in [0.5, 0.6) is 11.5 Å². The highest BCUT2D eigenvalue weighted by Crippen LogP contribution is 2.33. The van der Waals surface area contributed by atoms with E-state index in [0.717, 1.165) is 30.8 Å². The zero-order chi connectivity index (χ0) is 20.9. The van der Waals surface area contributed by atoms with Gasteiger partial charge in [-0.25, -0.2) is 0 Å². The summed E-state index contributed by atoms with van der Waals surface area (Å²) in [4.78, 5) is 29.4. The number of hydrogen-bond acceptors (Lipinski definition) is 4. The smallest absolute Gasteiger partial charge is 0.228 e. The topological polar surface area (TPSA) is 59.1 Å². The van der Waals surface area contributed by atoms with Crippen molar-refractivity contribution in [3.05, 3.63) is 54.6 Å². The van der Waals surface area contributed by atoms with Crippen LogP contribution in [-0.4, -0.2) is 50.1 Å². The number of carbonyl (C=O) groups is 2. The van der Waals surface area contributed by atoms with E-state index in [1.807, 2.05) is 59.5 Å². The molecule has 4 rings (SSSR count). The van der Waals surface area contributed by atoms with Crippen molar-refractivity contribution in [2.24, 2.45) is 11.8 Å². The molecule has 0 spiro atoms. The second kappa shape index (κ2) is 9.20. The first-order chi connectivity index (χ1) is 14.7. The molecule has 30 heavy (non-hydrogen) atoms. The minimum atomic E-state index is -0.309. The zero-order valence-corrected chi connectivity index (χ0v) is 17.3. The van der Waals surface area contributed by atoms with Gasteiger partial charge < -0.3 is 19.3 Å². The Morgan fingerprint density at radius 2 is 1.83 bits per heavy atom. The Hall–Kier alpha value is -3.02. The first-order valence-electron chi connectivity index (χ1n) is 10.6. The molecule has 6 nitrogen and oxygen atoms in total. The molecule has 6 heteroatoms. The number of nitrogens with zero attached hydrogens (tertiary/aromatic N) is 2. The minimum Gasteiger partial charge on any atom is -0.495 e. The van der Waals surface area contributed by atoms with Crippen LogP contribution in [0.3, 0.4) is 0 Å². The average molecular weight is 408 g/mol. The fourth-order valence-corrected chi connectivity index (χ4v) is 4.35. The Morgan fingerprint density at radius 3 is 2.63 bits per heavy atom. The van der Waals surface area contributed by atoms with Crippen LogP contribution in [0.2, 0.25) is 0 Å². The Labute approximate surface area is 177 Å².